The minimum absolute atomic E-state index is 0.263. The van der Waals surface area contributed by atoms with Crippen LogP contribution in [0.25, 0.3) is 5.69 Å². The van der Waals surface area contributed by atoms with E-state index >= 15 is 0 Å². The summed E-state index contributed by atoms with van der Waals surface area (Å²) in [4.78, 5) is 11.8. The molecular weight excluding hydrogens is 282 g/mol. The van der Waals surface area contributed by atoms with Crippen LogP contribution in [-0.4, -0.2) is 38.0 Å². The second-order valence-electron chi connectivity index (χ2n) is 5.57. The fourth-order valence-electron chi connectivity index (χ4n) is 2.41. The van der Waals surface area contributed by atoms with Gasteiger partial charge in [-0.25, -0.2) is 4.79 Å². The molecule has 0 radical (unpaired) electrons. The number of carbonyl (C=O) groups is 1. The first-order valence-corrected chi connectivity index (χ1v) is 7.35. The summed E-state index contributed by atoms with van der Waals surface area (Å²) in [5.74, 6) is 0.642. The molecule has 1 aromatic carbocycles. The molecule has 3 N–H and O–H groups in total. The van der Waals surface area contributed by atoms with Gasteiger partial charge in [0.25, 0.3) is 0 Å². The monoisotopic (exact) mass is 301 g/mol. The summed E-state index contributed by atoms with van der Waals surface area (Å²) in [6.45, 7) is 0.545. The molecule has 1 aliphatic rings. The average molecular weight is 301 g/mol. The Bertz CT molecular complexity index is 636. The normalized spacial score (nSPS) is 15.9. The second kappa shape index (κ2) is 6.15. The highest BCUT2D eigenvalue weighted by atomic mass is 16.3. The molecule has 2 amide bonds. The van der Waals surface area contributed by atoms with Crippen molar-refractivity contribution >= 4 is 6.03 Å². The van der Waals surface area contributed by atoms with Crippen LogP contribution in [0.5, 0.6) is 0 Å². The Morgan fingerprint density at radius 2 is 2.05 bits per heavy atom. The Labute approximate surface area is 128 Å². The predicted octanol–water partition coefficient (Wildman–Crippen LogP) is 0.981. The van der Waals surface area contributed by atoms with Gasteiger partial charge in [-0.15, -0.1) is 10.2 Å². The smallest absolute Gasteiger partial charge is 0.315 e. The number of nitrogens with one attached hydrogen (secondary N) is 2. The summed E-state index contributed by atoms with van der Waals surface area (Å²) < 4.78 is 1.82. The fraction of sp³-hybridized carbons (Fsp3) is 0.400. The Balaban J connectivity index is 1.54. The number of carbonyl (C=O) groups excluding carboxylic acids is 1. The molecule has 7 heteroatoms. The lowest BCUT2D eigenvalue weighted by molar-refractivity contribution is -0.0290. The zero-order valence-electron chi connectivity index (χ0n) is 12.2. The Morgan fingerprint density at radius 1 is 1.27 bits per heavy atom. The first-order valence-electron chi connectivity index (χ1n) is 7.35. The zero-order chi connectivity index (χ0) is 15.4. The van der Waals surface area contributed by atoms with Crippen molar-refractivity contribution in [2.75, 3.05) is 6.54 Å². The van der Waals surface area contributed by atoms with E-state index in [2.05, 4.69) is 20.8 Å². The van der Waals surface area contributed by atoms with Crippen LogP contribution in [0.1, 0.15) is 25.1 Å². The third-order valence-electron chi connectivity index (χ3n) is 3.92. The minimum atomic E-state index is -0.721. The molecule has 1 aliphatic carbocycles. The van der Waals surface area contributed by atoms with E-state index in [9.17, 15) is 9.90 Å². The first-order chi connectivity index (χ1) is 10.7. The molecule has 2 aromatic rings. The van der Waals surface area contributed by atoms with Crippen molar-refractivity contribution in [2.45, 2.75) is 31.4 Å². The lowest BCUT2D eigenvalue weighted by Gasteiger charge is -2.36. The maximum absolute atomic E-state index is 11.8. The van der Waals surface area contributed by atoms with Gasteiger partial charge in [0.1, 0.15) is 6.33 Å². The summed E-state index contributed by atoms with van der Waals surface area (Å²) >= 11 is 0. The van der Waals surface area contributed by atoms with Gasteiger partial charge >= 0.3 is 6.03 Å². The SMILES string of the molecule is O=C(NCc1nncn1-c1ccccc1)NCC1(O)CCC1. The molecule has 22 heavy (non-hydrogen) atoms. The predicted molar refractivity (Wildman–Crippen MR) is 80.4 cm³/mol. The summed E-state index contributed by atoms with van der Waals surface area (Å²) in [5.41, 5.74) is 0.218. The molecule has 0 bridgehead atoms. The first kappa shape index (κ1) is 14.5. The van der Waals surface area contributed by atoms with E-state index in [1.165, 1.54) is 0 Å². The summed E-state index contributed by atoms with van der Waals surface area (Å²) in [5, 5.41) is 23.3. The van der Waals surface area contributed by atoms with Crippen molar-refractivity contribution in [3.63, 3.8) is 0 Å². The van der Waals surface area contributed by atoms with Gasteiger partial charge in [0.05, 0.1) is 12.1 Å². The molecule has 1 saturated carbocycles. The number of hydrogen-bond donors (Lipinski definition) is 3. The maximum atomic E-state index is 11.8. The number of benzene rings is 1. The molecule has 0 atom stereocenters. The maximum Gasteiger partial charge on any atom is 0.315 e. The number of para-hydroxylation sites is 1. The molecular formula is C15H19N5O2. The number of aliphatic hydroxyl groups is 1. The van der Waals surface area contributed by atoms with Crippen molar-refractivity contribution < 1.29 is 9.90 Å². The molecule has 1 heterocycles. The number of hydrogen-bond acceptors (Lipinski definition) is 4. The number of rotatable bonds is 5. The topological polar surface area (TPSA) is 92.1 Å². The van der Waals surface area contributed by atoms with Gasteiger partial charge < -0.3 is 15.7 Å². The fourth-order valence-corrected chi connectivity index (χ4v) is 2.41. The van der Waals surface area contributed by atoms with Gasteiger partial charge in [-0.1, -0.05) is 18.2 Å². The van der Waals surface area contributed by atoms with E-state index in [0.29, 0.717) is 5.82 Å². The summed E-state index contributed by atoms with van der Waals surface area (Å²) in [6, 6.07) is 9.36. The molecule has 7 nitrogen and oxygen atoms in total. The third-order valence-corrected chi connectivity index (χ3v) is 3.92. The lowest BCUT2D eigenvalue weighted by atomic mass is 9.80. The van der Waals surface area contributed by atoms with E-state index in [1.807, 2.05) is 34.9 Å². The van der Waals surface area contributed by atoms with Crippen LogP contribution in [0.2, 0.25) is 0 Å². The third kappa shape index (κ3) is 3.25. The molecule has 1 fully saturated rings. The average Bonchev–Trinajstić information content (AvgIpc) is 2.98. The van der Waals surface area contributed by atoms with Gasteiger partial charge in [0.15, 0.2) is 5.82 Å². The number of nitrogens with zero attached hydrogens (tertiary/aromatic N) is 3. The van der Waals surface area contributed by atoms with Crippen molar-refractivity contribution in [1.29, 1.82) is 0 Å². The zero-order valence-corrected chi connectivity index (χ0v) is 12.2. The highest BCUT2D eigenvalue weighted by Crippen LogP contribution is 2.30. The van der Waals surface area contributed by atoms with Gasteiger partial charge in [0, 0.05) is 12.2 Å². The lowest BCUT2D eigenvalue weighted by Crippen LogP contribution is -2.50. The van der Waals surface area contributed by atoms with Crippen molar-refractivity contribution in [2.24, 2.45) is 0 Å². The molecule has 0 aliphatic heterocycles. The quantitative estimate of drug-likeness (QED) is 0.767. The Hall–Kier alpha value is -2.41. The molecule has 0 unspecified atom stereocenters. The minimum Gasteiger partial charge on any atom is -0.388 e. The summed E-state index contributed by atoms with van der Waals surface area (Å²) in [6.07, 6.45) is 4.12. The molecule has 0 saturated heterocycles. The number of aromatic nitrogens is 3. The standard InChI is InChI=1S/C15H19N5O2/c21-14(17-10-15(22)7-4-8-15)16-9-13-19-18-11-20(13)12-5-2-1-3-6-12/h1-3,5-6,11,22H,4,7-10H2,(H2,16,17,21). The molecule has 3 rings (SSSR count). The van der Waals surface area contributed by atoms with E-state index in [1.54, 1.807) is 6.33 Å². The highest BCUT2D eigenvalue weighted by Gasteiger charge is 2.34. The van der Waals surface area contributed by atoms with Gasteiger partial charge in [0.2, 0.25) is 0 Å². The Morgan fingerprint density at radius 3 is 2.73 bits per heavy atom. The van der Waals surface area contributed by atoms with Crippen LogP contribution >= 0.6 is 0 Å². The van der Waals surface area contributed by atoms with E-state index in [4.69, 9.17) is 0 Å². The van der Waals surface area contributed by atoms with Crippen LogP contribution < -0.4 is 10.6 Å². The van der Waals surface area contributed by atoms with Crippen LogP contribution in [0, 0.1) is 0 Å². The number of amides is 2. The van der Waals surface area contributed by atoms with Crippen LogP contribution in [0.15, 0.2) is 36.7 Å². The summed E-state index contributed by atoms with van der Waals surface area (Å²) in [7, 11) is 0. The highest BCUT2D eigenvalue weighted by molar-refractivity contribution is 5.73. The van der Waals surface area contributed by atoms with E-state index < -0.39 is 5.60 Å². The van der Waals surface area contributed by atoms with Crippen molar-refractivity contribution in [3.8, 4) is 5.69 Å². The molecule has 1 aromatic heterocycles. The van der Waals surface area contributed by atoms with Gasteiger partial charge in [-0.3, -0.25) is 4.57 Å². The van der Waals surface area contributed by atoms with Crippen LogP contribution in [-0.2, 0) is 6.54 Å². The largest absolute Gasteiger partial charge is 0.388 e. The van der Waals surface area contributed by atoms with E-state index in [0.717, 1.165) is 24.9 Å². The van der Waals surface area contributed by atoms with Crippen LogP contribution in [0.3, 0.4) is 0 Å². The number of urea groups is 1. The van der Waals surface area contributed by atoms with E-state index in [-0.39, 0.29) is 19.1 Å². The van der Waals surface area contributed by atoms with Crippen LogP contribution in [0.4, 0.5) is 4.79 Å². The van der Waals surface area contributed by atoms with Crippen molar-refractivity contribution in [3.05, 3.63) is 42.5 Å². The van der Waals surface area contributed by atoms with Crippen molar-refractivity contribution in [1.82, 2.24) is 25.4 Å². The molecule has 0 spiro atoms. The molecule has 116 valence electrons. The van der Waals surface area contributed by atoms with Gasteiger partial charge in [-0.2, -0.15) is 0 Å². The Kier molecular flexibility index (Phi) is 4.06. The second-order valence-corrected chi connectivity index (χ2v) is 5.57. The van der Waals surface area contributed by atoms with Gasteiger partial charge in [-0.05, 0) is 31.4 Å².